The third-order valence-electron chi connectivity index (χ3n) is 5.39. The minimum Gasteiger partial charge on any atom is -0.466 e. The molecule has 0 N–H and O–H groups in total. The Bertz CT molecular complexity index is 897. The molecule has 29 heavy (non-hydrogen) atoms. The molecule has 2 aromatic rings. The van der Waals surface area contributed by atoms with E-state index < -0.39 is 0 Å². The van der Waals surface area contributed by atoms with Crippen molar-refractivity contribution in [3.8, 4) is 23.0 Å². The van der Waals surface area contributed by atoms with E-state index in [1.165, 1.54) is 0 Å². The molecule has 1 aromatic carbocycles. The molecule has 1 fully saturated rings. The number of hydrogen-bond donors (Lipinski definition) is 0. The SMILES string of the molecule is CCOC(=O)C[C@@H]1CCCCN1Cc1nc(-c2cc3c(cc2Cl)OCO3)oc1C. The van der Waals surface area contributed by atoms with Gasteiger partial charge in [0.2, 0.25) is 12.7 Å². The standard InChI is InChI=1S/C21H25ClN2O5/c1-3-26-20(25)8-14-6-4-5-7-24(14)11-17-13(2)29-21(23-17)15-9-18-19(10-16(15)22)28-12-27-18/h9-10,14H,3-8,11-12H2,1-2H3/t14-/m0/s1. The summed E-state index contributed by atoms with van der Waals surface area (Å²) in [6.07, 6.45) is 3.62. The summed E-state index contributed by atoms with van der Waals surface area (Å²) in [5.41, 5.74) is 1.52. The molecule has 1 atom stereocenters. The monoisotopic (exact) mass is 420 g/mol. The molecule has 156 valence electrons. The molecule has 3 heterocycles. The molecule has 7 nitrogen and oxygen atoms in total. The molecule has 1 saturated heterocycles. The largest absolute Gasteiger partial charge is 0.466 e. The number of rotatable bonds is 6. The highest BCUT2D eigenvalue weighted by Crippen LogP contribution is 2.41. The van der Waals surface area contributed by atoms with Gasteiger partial charge in [-0.05, 0) is 39.3 Å². The summed E-state index contributed by atoms with van der Waals surface area (Å²) in [4.78, 5) is 19.0. The molecule has 1 aromatic heterocycles. The van der Waals surface area contributed by atoms with Gasteiger partial charge < -0.3 is 18.6 Å². The Morgan fingerprint density at radius 3 is 2.90 bits per heavy atom. The van der Waals surface area contributed by atoms with Crippen molar-refractivity contribution < 1.29 is 23.4 Å². The fourth-order valence-electron chi connectivity index (χ4n) is 3.87. The number of ether oxygens (including phenoxy) is 3. The van der Waals surface area contributed by atoms with Crippen LogP contribution in [-0.4, -0.2) is 41.8 Å². The lowest BCUT2D eigenvalue weighted by atomic mass is 9.99. The second kappa shape index (κ2) is 8.63. The van der Waals surface area contributed by atoms with Crippen molar-refractivity contribution in [2.75, 3.05) is 19.9 Å². The van der Waals surface area contributed by atoms with E-state index in [-0.39, 0.29) is 18.8 Å². The first-order valence-electron chi connectivity index (χ1n) is 10.0. The molecule has 0 saturated carbocycles. The van der Waals surface area contributed by atoms with Crippen molar-refractivity contribution in [3.63, 3.8) is 0 Å². The summed E-state index contributed by atoms with van der Waals surface area (Å²) in [6.45, 7) is 5.88. The number of aryl methyl sites for hydroxylation is 1. The van der Waals surface area contributed by atoms with Crippen molar-refractivity contribution in [1.29, 1.82) is 0 Å². The van der Waals surface area contributed by atoms with Crippen LogP contribution in [0.2, 0.25) is 5.02 Å². The van der Waals surface area contributed by atoms with Gasteiger partial charge in [-0.1, -0.05) is 18.0 Å². The number of likely N-dealkylation sites (tertiary alicyclic amines) is 1. The van der Waals surface area contributed by atoms with E-state index in [1.54, 1.807) is 12.1 Å². The fraction of sp³-hybridized carbons (Fsp3) is 0.524. The summed E-state index contributed by atoms with van der Waals surface area (Å²) in [7, 11) is 0. The highest BCUT2D eigenvalue weighted by atomic mass is 35.5. The third-order valence-corrected chi connectivity index (χ3v) is 5.71. The molecular weight excluding hydrogens is 396 g/mol. The summed E-state index contributed by atoms with van der Waals surface area (Å²) in [6, 6.07) is 3.68. The summed E-state index contributed by atoms with van der Waals surface area (Å²) >= 11 is 6.41. The maximum absolute atomic E-state index is 12.0. The molecule has 0 unspecified atom stereocenters. The van der Waals surface area contributed by atoms with Crippen molar-refractivity contribution in [2.45, 2.75) is 52.1 Å². The Kier molecular flexibility index (Phi) is 5.96. The number of hydrogen-bond acceptors (Lipinski definition) is 7. The Hall–Kier alpha value is -2.25. The van der Waals surface area contributed by atoms with E-state index in [0.717, 1.165) is 37.3 Å². The number of carbonyl (C=O) groups is 1. The predicted octanol–water partition coefficient (Wildman–Crippen LogP) is 4.34. The Labute approximate surface area is 174 Å². The number of piperidine rings is 1. The fourth-order valence-corrected chi connectivity index (χ4v) is 4.11. The molecule has 2 aliphatic rings. The normalized spacial score (nSPS) is 18.8. The van der Waals surface area contributed by atoms with Crippen LogP contribution in [0.1, 0.15) is 44.1 Å². The van der Waals surface area contributed by atoms with Crippen LogP contribution < -0.4 is 9.47 Å². The maximum Gasteiger partial charge on any atom is 0.307 e. The second-order valence-corrected chi connectivity index (χ2v) is 7.74. The van der Waals surface area contributed by atoms with Gasteiger partial charge >= 0.3 is 5.97 Å². The number of benzene rings is 1. The quantitative estimate of drug-likeness (QED) is 0.643. The van der Waals surface area contributed by atoms with E-state index >= 15 is 0 Å². The number of halogens is 1. The van der Waals surface area contributed by atoms with E-state index in [1.807, 2.05) is 13.8 Å². The van der Waals surface area contributed by atoms with Crippen molar-refractivity contribution in [1.82, 2.24) is 9.88 Å². The number of oxazole rings is 1. The number of aromatic nitrogens is 1. The van der Waals surface area contributed by atoms with Gasteiger partial charge in [0, 0.05) is 18.7 Å². The zero-order valence-electron chi connectivity index (χ0n) is 16.7. The second-order valence-electron chi connectivity index (χ2n) is 7.34. The maximum atomic E-state index is 12.0. The van der Waals surface area contributed by atoms with Crippen molar-refractivity contribution >= 4 is 17.6 Å². The highest BCUT2D eigenvalue weighted by Gasteiger charge is 2.27. The van der Waals surface area contributed by atoms with Crippen LogP contribution in [0.15, 0.2) is 16.5 Å². The lowest BCUT2D eigenvalue weighted by Gasteiger charge is -2.34. The molecule has 0 amide bonds. The molecule has 0 aliphatic carbocycles. The molecular formula is C21H25ClN2O5. The van der Waals surface area contributed by atoms with Gasteiger partial charge in [-0.3, -0.25) is 9.69 Å². The van der Waals surface area contributed by atoms with Crippen molar-refractivity contribution in [2.24, 2.45) is 0 Å². The Morgan fingerprint density at radius 2 is 2.10 bits per heavy atom. The first-order chi connectivity index (χ1) is 14.0. The van der Waals surface area contributed by atoms with Gasteiger partial charge in [-0.2, -0.15) is 0 Å². The van der Waals surface area contributed by atoms with Gasteiger partial charge in [0.05, 0.1) is 29.3 Å². The highest BCUT2D eigenvalue weighted by molar-refractivity contribution is 6.33. The van der Waals surface area contributed by atoms with Gasteiger partial charge in [0.1, 0.15) is 5.76 Å². The minimum absolute atomic E-state index is 0.144. The zero-order chi connectivity index (χ0) is 20.4. The Balaban J connectivity index is 1.53. The summed E-state index contributed by atoms with van der Waals surface area (Å²) in [5, 5.41) is 0.500. The number of nitrogens with zero attached hydrogens (tertiary/aromatic N) is 2. The Morgan fingerprint density at radius 1 is 1.31 bits per heavy atom. The van der Waals surface area contributed by atoms with E-state index in [0.29, 0.717) is 47.5 Å². The molecule has 0 radical (unpaired) electrons. The van der Waals surface area contributed by atoms with Crippen LogP contribution in [0.25, 0.3) is 11.5 Å². The molecule has 2 aliphatic heterocycles. The van der Waals surface area contributed by atoms with Crippen LogP contribution >= 0.6 is 11.6 Å². The molecule has 0 spiro atoms. The zero-order valence-corrected chi connectivity index (χ0v) is 17.5. The van der Waals surface area contributed by atoms with Crippen LogP contribution in [0.5, 0.6) is 11.5 Å². The predicted molar refractivity (Wildman–Crippen MR) is 107 cm³/mol. The summed E-state index contributed by atoms with van der Waals surface area (Å²) in [5.74, 6) is 2.31. The third kappa shape index (κ3) is 4.36. The van der Waals surface area contributed by atoms with Crippen LogP contribution in [-0.2, 0) is 16.1 Å². The van der Waals surface area contributed by atoms with E-state index in [4.69, 9.17) is 35.2 Å². The van der Waals surface area contributed by atoms with Crippen LogP contribution in [0.4, 0.5) is 0 Å². The van der Waals surface area contributed by atoms with Crippen LogP contribution in [0, 0.1) is 6.92 Å². The lowest BCUT2D eigenvalue weighted by molar-refractivity contribution is -0.145. The first kappa shape index (κ1) is 20.0. The molecule has 8 heteroatoms. The number of esters is 1. The minimum atomic E-state index is -0.144. The summed E-state index contributed by atoms with van der Waals surface area (Å²) < 4.78 is 21.9. The van der Waals surface area contributed by atoms with E-state index in [2.05, 4.69) is 4.90 Å². The van der Waals surface area contributed by atoms with E-state index in [9.17, 15) is 4.79 Å². The van der Waals surface area contributed by atoms with Crippen molar-refractivity contribution in [3.05, 3.63) is 28.6 Å². The van der Waals surface area contributed by atoms with Gasteiger partial charge in [-0.15, -0.1) is 0 Å². The van der Waals surface area contributed by atoms with Crippen LogP contribution in [0.3, 0.4) is 0 Å². The van der Waals surface area contributed by atoms with Gasteiger partial charge in [-0.25, -0.2) is 4.98 Å². The molecule has 4 rings (SSSR count). The van der Waals surface area contributed by atoms with Gasteiger partial charge in [0.25, 0.3) is 0 Å². The average molecular weight is 421 g/mol. The first-order valence-corrected chi connectivity index (χ1v) is 10.4. The topological polar surface area (TPSA) is 74.0 Å². The smallest absolute Gasteiger partial charge is 0.307 e. The lowest BCUT2D eigenvalue weighted by Crippen LogP contribution is -2.40. The van der Waals surface area contributed by atoms with Gasteiger partial charge in [0.15, 0.2) is 11.5 Å². The average Bonchev–Trinajstić information content (AvgIpc) is 3.29. The number of fused-ring (bicyclic) bond motifs is 1. The molecule has 0 bridgehead atoms. The number of carbonyl (C=O) groups excluding carboxylic acids is 1.